The molecule has 158 valence electrons. The van der Waals surface area contributed by atoms with E-state index < -0.39 is 0 Å². The first kappa shape index (κ1) is 19.3. The van der Waals surface area contributed by atoms with Crippen LogP contribution in [0.5, 0.6) is 0 Å². The highest BCUT2D eigenvalue weighted by Crippen LogP contribution is 2.47. The van der Waals surface area contributed by atoms with Crippen LogP contribution in [0, 0.1) is 24.7 Å². The average Bonchev–Trinajstić information content (AvgIpc) is 3.50. The summed E-state index contributed by atoms with van der Waals surface area (Å²) in [7, 11) is 0. The average molecular weight is 409 g/mol. The monoisotopic (exact) mass is 409 g/mol. The second kappa shape index (κ2) is 7.87. The standard InChI is InChI=1S/C23H27N3O4/c1-15-4-2-3-5-18(15)21-19-14-25(23(28)20-8-11-30-24-20)12-17(19)13-26(21)22(27)16-6-9-29-10-7-16/h2-5,8,11,16-17,19,21H,6-7,9-10,12-14H2,1H3/t17-,19-,21+/m0/s1. The van der Waals surface area contributed by atoms with Crippen molar-refractivity contribution in [3.63, 3.8) is 0 Å². The van der Waals surface area contributed by atoms with Gasteiger partial charge in [0.15, 0.2) is 5.69 Å². The number of fused-ring (bicyclic) bond motifs is 1. The minimum Gasteiger partial charge on any atom is -0.381 e. The molecule has 2 amide bonds. The maximum Gasteiger partial charge on any atom is 0.276 e. The Kier molecular flexibility index (Phi) is 5.06. The largest absolute Gasteiger partial charge is 0.381 e. The molecule has 2 aromatic rings. The normalized spacial score (nSPS) is 26.8. The predicted octanol–water partition coefficient (Wildman–Crippen LogP) is 2.68. The van der Waals surface area contributed by atoms with Crippen LogP contribution in [0.4, 0.5) is 0 Å². The van der Waals surface area contributed by atoms with Crippen LogP contribution < -0.4 is 0 Å². The van der Waals surface area contributed by atoms with E-state index in [0.717, 1.165) is 12.8 Å². The Balaban J connectivity index is 1.43. The fraction of sp³-hybridized carbons (Fsp3) is 0.522. The first-order chi connectivity index (χ1) is 14.6. The number of likely N-dealkylation sites (tertiary alicyclic amines) is 2. The van der Waals surface area contributed by atoms with Gasteiger partial charge < -0.3 is 19.1 Å². The molecule has 7 heteroatoms. The molecule has 4 heterocycles. The summed E-state index contributed by atoms with van der Waals surface area (Å²) in [5, 5.41) is 3.81. The van der Waals surface area contributed by atoms with Gasteiger partial charge >= 0.3 is 0 Å². The van der Waals surface area contributed by atoms with Crippen molar-refractivity contribution in [2.45, 2.75) is 25.8 Å². The SMILES string of the molecule is Cc1ccccc1[C@@H]1[C@H]2CN(C(=O)c3ccon3)C[C@H]2CN1C(=O)C1CCOCC1. The smallest absolute Gasteiger partial charge is 0.276 e. The molecule has 3 aliphatic heterocycles. The predicted molar refractivity (Wildman–Crippen MR) is 109 cm³/mol. The van der Waals surface area contributed by atoms with Gasteiger partial charge in [0, 0.05) is 56.7 Å². The van der Waals surface area contributed by atoms with Gasteiger partial charge in [0.2, 0.25) is 5.91 Å². The van der Waals surface area contributed by atoms with Crippen molar-refractivity contribution < 1.29 is 18.8 Å². The number of hydrogen-bond acceptors (Lipinski definition) is 5. The van der Waals surface area contributed by atoms with Crippen LogP contribution in [0.2, 0.25) is 0 Å². The molecule has 30 heavy (non-hydrogen) atoms. The lowest BCUT2D eigenvalue weighted by atomic mass is 9.87. The van der Waals surface area contributed by atoms with Crippen LogP contribution in [0.3, 0.4) is 0 Å². The topological polar surface area (TPSA) is 75.9 Å². The van der Waals surface area contributed by atoms with Crippen LogP contribution in [0.1, 0.15) is 40.5 Å². The molecule has 3 atom stereocenters. The van der Waals surface area contributed by atoms with E-state index in [4.69, 9.17) is 9.26 Å². The second-order valence-electron chi connectivity index (χ2n) is 8.70. The molecule has 5 rings (SSSR count). The number of aryl methyl sites for hydroxylation is 1. The molecule has 0 N–H and O–H groups in total. The highest BCUT2D eigenvalue weighted by molar-refractivity contribution is 5.92. The lowest BCUT2D eigenvalue weighted by Crippen LogP contribution is -2.41. The molecule has 3 fully saturated rings. The summed E-state index contributed by atoms with van der Waals surface area (Å²) in [4.78, 5) is 30.3. The number of ether oxygens (including phenoxy) is 1. The summed E-state index contributed by atoms with van der Waals surface area (Å²) >= 11 is 0. The minimum absolute atomic E-state index is 0.00153. The van der Waals surface area contributed by atoms with Gasteiger partial charge in [-0.15, -0.1) is 0 Å². The maximum absolute atomic E-state index is 13.5. The fourth-order valence-corrected chi connectivity index (χ4v) is 5.42. The molecule has 7 nitrogen and oxygen atoms in total. The third kappa shape index (κ3) is 3.31. The molecule has 0 aliphatic carbocycles. The fourth-order valence-electron chi connectivity index (χ4n) is 5.42. The summed E-state index contributed by atoms with van der Waals surface area (Å²) in [6.07, 6.45) is 3.01. The van der Waals surface area contributed by atoms with Gasteiger partial charge in [0.25, 0.3) is 5.91 Å². The van der Waals surface area contributed by atoms with Crippen molar-refractivity contribution >= 4 is 11.8 Å². The molecule has 1 aromatic heterocycles. The Morgan fingerprint density at radius 1 is 1.07 bits per heavy atom. The van der Waals surface area contributed by atoms with E-state index in [9.17, 15) is 9.59 Å². The Morgan fingerprint density at radius 2 is 1.87 bits per heavy atom. The first-order valence-corrected chi connectivity index (χ1v) is 10.8. The van der Waals surface area contributed by atoms with Crippen LogP contribution in [0.15, 0.2) is 41.1 Å². The molecule has 0 radical (unpaired) electrons. The van der Waals surface area contributed by atoms with Gasteiger partial charge in [-0.25, -0.2) is 0 Å². The molecular formula is C23H27N3O4. The van der Waals surface area contributed by atoms with E-state index in [-0.39, 0.29) is 35.6 Å². The van der Waals surface area contributed by atoms with Crippen LogP contribution in [-0.4, -0.2) is 59.6 Å². The number of carbonyl (C=O) groups is 2. The van der Waals surface area contributed by atoms with E-state index in [2.05, 4.69) is 29.1 Å². The Morgan fingerprint density at radius 3 is 2.60 bits per heavy atom. The van der Waals surface area contributed by atoms with Crippen molar-refractivity contribution in [3.8, 4) is 0 Å². The zero-order chi connectivity index (χ0) is 20.7. The Bertz CT molecular complexity index is 922. The number of benzene rings is 1. The number of nitrogens with zero attached hydrogens (tertiary/aromatic N) is 3. The maximum atomic E-state index is 13.5. The Labute approximate surface area is 176 Å². The molecule has 0 bridgehead atoms. The summed E-state index contributed by atoms with van der Waals surface area (Å²) in [6, 6.07) is 9.92. The molecule has 3 saturated heterocycles. The zero-order valence-corrected chi connectivity index (χ0v) is 17.2. The van der Waals surface area contributed by atoms with E-state index in [1.54, 1.807) is 6.07 Å². The van der Waals surface area contributed by atoms with Gasteiger partial charge in [-0.1, -0.05) is 29.4 Å². The van der Waals surface area contributed by atoms with Gasteiger partial charge in [0.05, 0.1) is 6.04 Å². The molecular weight excluding hydrogens is 382 g/mol. The van der Waals surface area contributed by atoms with Gasteiger partial charge in [0.1, 0.15) is 6.26 Å². The third-order valence-corrected chi connectivity index (χ3v) is 6.97. The molecule has 1 aromatic carbocycles. The number of carbonyl (C=O) groups excluding carboxylic acids is 2. The number of hydrogen-bond donors (Lipinski definition) is 0. The second-order valence-corrected chi connectivity index (χ2v) is 8.70. The van der Waals surface area contributed by atoms with E-state index in [1.807, 2.05) is 17.0 Å². The van der Waals surface area contributed by atoms with E-state index in [0.29, 0.717) is 38.5 Å². The molecule has 0 unspecified atom stereocenters. The number of rotatable bonds is 3. The molecule has 3 aliphatic rings. The summed E-state index contributed by atoms with van der Waals surface area (Å²) in [6.45, 7) is 5.40. The quantitative estimate of drug-likeness (QED) is 0.779. The van der Waals surface area contributed by atoms with Crippen molar-refractivity contribution in [1.82, 2.24) is 15.0 Å². The summed E-state index contributed by atoms with van der Waals surface area (Å²) < 4.78 is 10.3. The van der Waals surface area contributed by atoms with E-state index >= 15 is 0 Å². The Hall–Kier alpha value is -2.67. The van der Waals surface area contributed by atoms with Crippen LogP contribution >= 0.6 is 0 Å². The van der Waals surface area contributed by atoms with Gasteiger partial charge in [-0.3, -0.25) is 9.59 Å². The lowest BCUT2D eigenvalue weighted by Gasteiger charge is -2.34. The van der Waals surface area contributed by atoms with Crippen LogP contribution in [0.25, 0.3) is 0 Å². The van der Waals surface area contributed by atoms with Gasteiger partial charge in [-0.2, -0.15) is 0 Å². The van der Waals surface area contributed by atoms with Crippen molar-refractivity contribution in [2.75, 3.05) is 32.8 Å². The zero-order valence-electron chi connectivity index (χ0n) is 17.2. The van der Waals surface area contributed by atoms with Crippen molar-refractivity contribution in [2.24, 2.45) is 17.8 Å². The third-order valence-electron chi connectivity index (χ3n) is 6.97. The summed E-state index contributed by atoms with van der Waals surface area (Å²) in [5.41, 5.74) is 2.73. The highest BCUT2D eigenvalue weighted by atomic mass is 16.5. The minimum atomic E-state index is -0.0935. The lowest BCUT2D eigenvalue weighted by molar-refractivity contribution is -0.140. The highest BCUT2D eigenvalue weighted by Gasteiger charge is 2.51. The number of aromatic nitrogens is 1. The molecule has 0 saturated carbocycles. The first-order valence-electron chi connectivity index (χ1n) is 10.8. The summed E-state index contributed by atoms with van der Waals surface area (Å²) in [5.74, 6) is 0.691. The number of amides is 2. The van der Waals surface area contributed by atoms with Crippen LogP contribution in [-0.2, 0) is 9.53 Å². The van der Waals surface area contributed by atoms with Crippen molar-refractivity contribution in [1.29, 1.82) is 0 Å². The van der Waals surface area contributed by atoms with Crippen molar-refractivity contribution in [3.05, 3.63) is 53.4 Å². The van der Waals surface area contributed by atoms with E-state index in [1.165, 1.54) is 17.4 Å². The molecule has 0 spiro atoms. The van der Waals surface area contributed by atoms with Gasteiger partial charge in [-0.05, 0) is 30.9 Å².